The number of carboxylic acid groups (broad SMARTS) is 2. The van der Waals surface area contributed by atoms with E-state index >= 15 is 0 Å². The first-order valence-electron chi connectivity index (χ1n) is 10.1. The van der Waals surface area contributed by atoms with Crippen molar-refractivity contribution in [3.63, 3.8) is 0 Å². The van der Waals surface area contributed by atoms with E-state index in [4.69, 9.17) is 0 Å². The third-order valence-electron chi connectivity index (χ3n) is 4.99. The molecule has 5 rings (SSSR count). The number of carboxylic acids is 2. The van der Waals surface area contributed by atoms with Crippen LogP contribution in [0.1, 0.15) is 11.1 Å². The van der Waals surface area contributed by atoms with Gasteiger partial charge in [-0.05, 0) is 91.5 Å². The number of rotatable bonds is 8. The summed E-state index contributed by atoms with van der Waals surface area (Å²) < 4.78 is 2.05. The van der Waals surface area contributed by atoms with Crippen LogP contribution < -0.4 is 0 Å². The second kappa shape index (κ2) is 10.4. The summed E-state index contributed by atoms with van der Waals surface area (Å²) in [6.07, 6.45) is -0.0986. The quantitative estimate of drug-likeness (QED) is 0.171. The van der Waals surface area contributed by atoms with Crippen molar-refractivity contribution in [1.29, 1.82) is 0 Å². The Bertz CT molecular complexity index is 1440. The molecule has 2 N–H and O–H groups in total. The Hall–Kier alpha value is -1.60. The van der Waals surface area contributed by atoms with Crippen LogP contribution in [0.5, 0.6) is 0 Å². The summed E-state index contributed by atoms with van der Waals surface area (Å²) in [5.41, 5.74) is 1.58. The van der Waals surface area contributed by atoms with Crippen molar-refractivity contribution in [3.05, 3.63) is 67.2 Å². The summed E-state index contributed by atoms with van der Waals surface area (Å²) in [4.78, 5) is 31.2. The molecule has 0 aliphatic heterocycles. The van der Waals surface area contributed by atoms with Crippen LogP contribution in [0.2, 0.25) is 0 Å². The molecule has 5 heterocycles. The molecule has 4 nitrogen and oxygen atoms in total. The number of carbonyl (C=O) groups is 2. The molecule has 0 aromatic carbocycles. The smallest absolute Gasteiger partial charge is 0.307 e. The molecule has 5 aromatic rings. The topological polar surface area (TPSA) is 74.6 Å². The Balaban J connectivity index is 1.56. The van der Waals surface area contributed by atoms with Crippen molar-refractivity contribution in [1.82, 2.24) is 0 Å². The summed E-state index contributed by atoms with van der Waals surface area (Å²) in [6, 6.07) is 16.0. The van der Waals surface area contributed by atoms with Crippen LogP contribution in [0.3, 0.4) is 0 Å². The molecule has 5 aromatic heterocycles. The highest BCUT2D eigenvalue weighted by Gasteiger charge is 2.21. The number of hydrogen-bond donors (Lipinski definition) is 2. The molecule has 0 aliphatic rings. The maximum absolute atomic E-state index is 11.6. The fourth-order valence-corrected chi connectivity index (χ4v) is 10.2. The van der Waals surface area contributed by atoms with Gasteiger partial charge in [-0.2, -0.15) is 0 Å². The molecule has 0 saturated carbocycles. The minimum Gasteiger partial charge on any atom is -0.481 e. The molecule has 35 heavy (non-hydrogen) atoms. The second-order valence-corrected chi connectivity index (χ2v) is 15.6. The van der Waals surface area contributed by atoms with Gasteiger partial charge in [0.15, 0.2) is 0 Å². The van der Waals surface area contributed by atoms with Crippen LogP contribution in [0.4, 0.5) is 0 Å². The van der Waals surface area contributed by atoms with E-state index in [1.807, 2.05) is 48.5 Å². The molecule has 0 amide bonds. The van der Waals surface area contributed by atoms with Crippen LogP contribution >= 0.6 is 88.5 Å². The SMILES string of the molecule is O=C(O)Cc1cc(-c2ccc(Br)s2)sc1-c1ccc(-c2sc(-c3ccc(Br)s3)cc2CC(=O)O)s1. The van der Waals surface area contributed by atoms with Crippen molar-refractivity contribution < 1.29 is 19.8 Å². The standard InChI is InChI=1S/C24H14Br2O4S5/c25-19-5-3-13(32-19)17-7-11(9-21(27)28)23(34-17)15-1-2-16(31-15)24-12(10-22(29)30)8-18(35-24)14-4-6-20(26)33-14/h1-8H,9-10H2,(H,27,28)(H,29,30). The predicted molar refractivity (Wildman–Crippen MR) is 156 cm³/mol. The first-order chi connectivity index (χ1) is 16.8. The summed E-state index contributed by atoms with van der Waals surface area (Å²) in [7, 11) is 0. The van der Waals surface area contributed by atoms with Gasteiger partial charge in [0, 0.05) is 39.0 Å². The van der Waals surface area contributed by atoms with Gasteiger partial charge >= 0.3 is 11.9 Å². The largest absolute Gasteiger partial charge is 0.481 e. The molecule has 0 aliphatic carbocycles. The minimum atomic E-state index is -0.867. The zero-order valence-electron chi connectivity index (χ0n) is 17.5. The molecule has 178 valence electrons. The van der Waals surface area contributed by atoms with E-state index in [0.29, 0.717) is 0 Å². The number of aliphatic carboxylic acids is 2. The van der Waals surface area contributed by atoms with Crippen molar-refractivity contribution in [2.24, 2.45) is 0 Å². The van der Waals surface area contributed by atoms with E-state index in [-0.39, 0.29) is 12.8 Å². The highest BCUT2D eigenvalue weighted by molar-refractivity contribution is 9.11. The van der Waals surface area contributed by atoms with Gasteiger partial charge < -0.3 is 10.2 Å². The lowest BCUT2D eigenvalue weighted by atomic mass is 10.1. The van der Waals surface area contributed by atoms with E-state index in [0.717, 1.165) is 57.7 Å². The van der Waals surface area contributed by atoms with Gasteiger partial charge in [0.05, 0.1) is 20.4 Å². The first-order valence-corrected chi connectivity index (χ1v) is 15.7. The highest BCUT2D eigenvalue weighted by atomic mass is 79.9. The second-order valence-electron chi connectivity index (χ2n) is 7.44. The van der Waals surface area contributed by atoms with Gasteiger partial charge in [0.2, 0.25) is 0 Å². The van der Waals surface area contributed by atoms with Gasteiger partial charge in [-0.15, -0.1) is 56.7 Å². The third-order valence-corrected chi connectivity index (χ3v) is 12.4. The predicted octanol–water partition coefficient (Wildman–Crippen LogP) is 9.44. The average molecular weight is 687 g/mol. The molecule has 0 bridgehead atoms. The lowest BCUT2D eigenvalue weighted by Crippen LogP contribution is -1.99. The van der Waals surface area contributed by atoms with Crippen LogP contribution in [0, 0.1) is 0 Å². The Morgan fingerprint density at radius 1 is 0.571 bits per heavy atom. The Kier molecular flexibility index (Phi) is 7.45. The molecule has 0 unspecified atom stereocenters. The van der Waals surface area contributed by atoms with Crippen molar-refractivity contribution in [2.45, 2.75) is 12.8 Å². The van der Waals surface area contributed by atoms with Gasteiger partial charge in [0.25, 0.3) is 0 Å². The molecule has 0 atom stereocenters. The zero-order chi connectivity index (χ0) is 24.7. The summed E-state index contributed by atoms with van der Waals surface area (Å²) >= 11 is 15.0. The van der Waals surface area contributed by atoms with Gasteiger partial charge in [0.1, 0.15) is 0 Å². The molecule has 0 fully saturated rings. The normalized spacial score (nSPS) is 11.3. The van der Waals surface area contributed by atoms with Crippen LogP contribution in [0.15, 0.2) is 56.1 Å². The van der Waals surface area contributed by atoms with Crippen molar-refractivity contribution in [3.8, 4) is 39.0 Å². The Morgan fingerprint density at radius 2 is 0.971 bits per heavy atom. The summed E-state index contributed by atoms with van der Waals surface area (Å²) in [5.74, 6) is -1.73. The Morgan fingerprint density at radius 3 is 1.31 bits per heavy atom. The van der Waals surface area contributed by atoms with Crippen LogP contribution in [0.25, 0.3) is 39.0 Å². The zero-order valence-corrected chi connectivity index (χ0v) is 24.8. The van der Waals surface area contributed by atoms with E-state index < -0.39 is 11.9 Å². The molecule has 0 spiro atoms. The first kappa shape index (κ1) is 25.1. The van der Waals surface area contributed by atoms with Gasteiger partial charge in [-0.3, -0.25) is 9.59 Å². The lowest BCUT2D eigenvalue weighted by Gasteiger charge is -1.99. The Labute approximate surface area is 237 Å². The molecular formula is C24H14Br2O4S5. The van der Waals surface area contributed by atoms with Crippen molar-refractivity contribution in [2.75, 3.05) is 0 Å². The summed E-state index contributed by atoms with van der Waals surface area (Å²) in [5, 5.41) is 19.0. The van der Waals surface area contributed by atoms with E-state index in [2.05, 4.69) is 31.9 Å². The molecule has 11 heteroatoms. The van der Waals surface area contributed by atoms with Gasteiger partial charge in [-0.1, -0.05) is 0 Å². The molecular weight excluding hydrogens is 672 g/mol. The minimum absolute atomic E-state index is 0.0493. The maximum atomic E-state index is 11.6. The highest BCUT2D eigenvalue weighted by Crippen LogP contribution is 2.48. The molecule has 0 saturated heterocycles. The number of halogens is 2. The van der Waals surface area contributed by atoms with E-state index in [1.54, 1.807) is 56.7 Å². The molecule has 0 radical (unpaired) electrons. The third kappa shape index (κ3) is 5.56. The fraction of sp³-hybridized carbons (Fsp3) is 0.0833. The van der Waals surface area contributed by atoms with Crippen LogP contribution in [-0.2, 0) is 22.4 Å². The van der Waals surface area contributed by atoms with Gasteiger partial charge in [-0.25, -0.2) is 0 Å². The summed E-state index contributed by atoms with van der Waals surface area (Å²) in [6.45, 7) is 0. The van der Waals surface area contributed by atoms with E-state index in [9.17, 15) is 19.8 Å². The maximum Gasteiger partial charge on any atom is 0.307 e. The lowest BCUT2D eigenvalue weighted by molar-refractivity contribution is -0.137. The monoisotopic (exact) mass is 684 g/mol. The number of thiophene rings is 5. The van der Waals surface area contributed by atoms with Crippen LogP contribution in [-0.4, -0.2) is 22.2 Å². The average Bonchev–Trinajstić information content (AvgIpc) is 3.57. The van der Waals surface area contributed by atoms with E-state index in [1.165, 1.54) is 0 Å². The fourth-order valence-electron chi connectivity index (χ4n) is 3.58. The number of hydrogen-bond acceptors (Lipinski definition) is 7. The van der Waals surface area contributed by atoms with Crippen molar-refractivity contribution >= 4 is 100 Å².